The van der Waals surface area contributed by atoms with Gasteiger partial charge in [0, 0.05) is 12.3 Å². The number of aromatic nitrogens is 1. The van der Waals surface area contributed by atoms with Gasteiger partial charge in [-0.05, 0) is 50.7 Å². The number of ether oxygens (including phenoxy) is 1. The second kappa shape index (κ2) is 12.6. The van der Waals surface area contributed by atoms with Crippen molar-refractivity contribution in [3.05, 3.63) is 35.1 Å². The number of ketones is 1. The zero-order chi connectivity index (χ0) is 26.3. The fourth-order valence-electron chi connectivity index (χ4n) is 4.42. The molecule has 0 fully saturated rings. The standard InChI is InChI=1S/C27H41NO7/c1-16-8-7-9-17(2)25(32)19(4)26(33)27(5,6)22(30)13-24(31)35-21(11-10-16)18(3)12-20-15-34-23(14-29)28-20/h10,12,15,17,19,21-22,25,29-30,32H,7-9,11,13-14H2,1-6H3/t17-,19+,21-,22-,25-/m0/s1. The molecule has 0 spiro atoms. The molecule has 0 radical (unpaired) electrons. The van der Waals surface area contributed by atoms with Crippen LogP contribution in [0.25, 0.3) is 6.08 Å². The van der Waals surface area contributed by atoms with Crippen molar-refractivity contribution in [2.45, 2.75) is 98.6 Å². The van der Waals surface area contributed by atoms with Crippen LogP contribution in [0.1, 0.15) is 85.2 Å². The number of Topliss-reactive ketones (excluding diaryl/α,β-unsaturated/α-hetero) is 1. The van der Waals surface area contributed by atoms with Crippen LogP contribution in [0.15, 0.2) is 27.9 Å². The molecule has 2 rings (SSSR count). The highest BCUT2D eigenvalue weighted by molar-refractivity contribution is 5.88. The number of rotatable bonds is 3. The van der Waals surface area contributed by atoms with E-state index in [2.05, 4.69) is 4.98 Å². The molecule has 3 N–H and O–H groups in total. The van der Waals surface area contributed by atoms with Gasteiger partial charge >= 0.3 is 5.97 Å². The highest BCUT2D eigenvalue weighted by Crippen LogP contribution is 2.32. The first kappa shape index (κ1) is 28.9. The number of allylic oxidation sites excluding steroid dienone is 1. The summed E-state index contributed by atoms with van der Waals surface area (Å²) in [5.41, 5.74) is 1.15. The Kier molecular flexibility index (Phi) is 10.4. The van der Waals surface area contributed by atoms with Crippen molar-refractivity contribution in [2.75, 3.05) is 0 Å². The minimum Gasteiger partial charge on any atom is -0.457 e. The molecule has 0 aromatic carbocycles. The fraction of sp³-hybridized carbons (Fsp3) is 0.667. The van der Waals surface area contributed by atoms with E-state index in [4.69, 9.17) is 9.15 Å². The SMILES string of the molecule is CC1=CC[C@@H](C(C)=Cc2coc(CO)n2)OC(=O)C[C@H](O)C(C)(C)C(=O)[C@H](C)[C@@H](O)[C@@H](C)CCC1. The van der Waals surface area contributed by atoms with Crippen LogP contribution in [0.2, 0.25) is 0 Å². The second-order valence-corrected chi connectivity index (χ2v) is 10.4. The third-order valence-corrected chi connectivity index (χ3v) is 7.11. The molecular weight excluding hydrogens is 450 g/mol. The molecule has 1 aliphatic heterocycles. The molecule has 0 saturated carbocycles. The monoisotopic (exact) mass is 491 g/mol. The lowest BCUT2D eigenvalue weighted by Crippen LogP contribution is -2.45. The van der Waals surface area contributed by atoms with Crippen LogP contribution in [0.5, 0.6) is 0 Å². The molecule has 8 nitrogen and oxygen atoms in total. The first-order chi connectivity index (χ1) is 16.4. The van der Waals surface area contributed by atoms with Gasteiger partial charge in [-0.1, -0.05) is 39.3 Å². The normalized spacial score (nSPS) is 30.0. The summed E-state index contributed by atoms with van der Waals surface area (Å²) >= 11 is 0. The number of aliphatic hydroxyl groups is 3. The summed E-state index contributed by atoms with van der Waals surface area (Å²) in [6.45, 7) is 10.3. The van der Waals surface area contributed by atoms with Gasteiger partial charge in [0.1, 0.15) is 30.5 Å². The first-order valence-electron chi connectivity index (χ1n) is 12.4. The number of aliphatic hydroxyl groups excluding tert-OH is 3. The van der Waals surface area contributed by atoms with Crippen molar-refractivity contribution >= 4 is 17.8 Å². The largest absolute Gasteiger partial charge is 0.457 e. The predicted octanol–water partition coefficient (Wildman–Crippen LogP) is 3.98. The van der Waals surface area contributed by atoms with Gasteiger partial charge < -0.3 is 24.5 Å². The van der Waals surface area contributed by atoms with Gasteiger partial charge in [0.15, 0.2) is 0 Å². The van der Waals surface area contributed by atoms with Gasteiger partial charge in [0.2, 0.25) is 5.89 Å². The molecule has 1 aliphatic rings. The topological polar surface area (TPSA) is 130 Å². The Morgan fingerprint density at radius 2 is 1.94 bits per heavy atom. The molecule has 35 heavy (non-hydrogen) atoms. The van der Waals surface area contributed by atoms with Crippen LogP contribution in [0.4, 0.5) is 0 Å². The van der Waals surface area contributed by atoms with Crippen molar-refractivity contribution < 1.29 is 34.1 Å². The van der Waals surface area contributed by atoms with Crippen molar-refractivity contribution in [3.8, 4) is 0 Å². The van der Waals surface area contributed by atoms with Crippen LogP contribution in [0, 0.1) is 17.3 Å². The maximum Gasteiger partial charge on any atom is 0.309 e. The van der Waals surface area contributed by atoms with Crippen molar-refractivity contribution in [2.24, 2.45) is 17.3 Å². The zero-order valence-corrected chi connectivity index (χ0v) is 21.8. The van der Waals surface area contributed by atoms with E-state index in [1.807, 2.05) is 26.8 Å². The molecule has 1 aromatic heterocycles. The summed E-state index contributed by atoms with van der Waals surface area (Å²) in [4.78, 5) is 30.1. The average molecular weight is 492 g/mol. The molecule has 196 valence electrons. The molecular formula is C27H41NO7. The Labute approximate surface area is 208 Å². The number of oxazole rings is 1. The van der Waals surface area contributed by atoms with Crippen molar-refractivity contribution in [1.29, 1.82) is 0 Å². The van der Waals surface area contributed by atoms with Gasteiger partial charge in [-0.25, -0.2) is 4.98 Å². The summed E-state index contributed by atoms with van der Waals surface area (Å²) < 4.78 is 10.9. The van der Waals surface area contributed by atoms with E-state index in [-0.39, 0.29) is 30.6 Å². The molecule has 0 saturated heterocycles. The van der Waals surface area contributed by atoms with Crippen LogP contribution in [-0.2, 0) is 20.9 Å². The summed E-state index contributed by atoms with van der Waals surface area (Å²) in [6, 6.07) is 0. The summed E-state index contributed by atoms with van der Waals surface area (Å²) in [7, 11) is 0. The van der Waals surface area contributed by atoms with E-state index in [0.717, 1.165) is 30.4 Å². The molecule has 0 unspecified atom stereocenters. The number of nitrogens with zero attached hydrogens (tertiary/aromatic N) is 1. The van der Waals surface area contributed by atoms with Crippen LogP contribution >= 0.6 is 0 Å². The number of hydrogen-bond donors (Lipinski definition) is 3. The Morgan fingerprint density at radius 1 is 1.26 bits per heavy atom. The predicted molar refractivity (Wildman–Crippen MR) is 132 cm³/mol. The highest BCUT2D eigenvalue weighted by Gasteiger charge is 2.42. The number of carbonyl (C=O) groups excluding carboxylic acids is 2. The first-order valence-corrected chi connectivity index (χ1v) is 12.4. The summed E-state index contributed by atoms with van der Waals surface area (Å²) in [5.74, 6) is -1.44. The third-order valence-electron chi connectivity index (χ3n) is 7.11. The van der Waals surface area contributed by atoms with Crippen molar-refractivity contribution in [1.82, 2.24) is 4.98 Å². The van der Waals surface area contributed by atoms with Gasteiger partial charge in [-0.15, -0.1) is 0 Å². The lowest BCUT2D eigenvalue weighted by Gasteiger charge is -2.34. The maximum absolute atomic E-state index is 13.2. The fourth-order valence-corrected chi connectivity index (χ4v) is 4.42. The Morgan fingerprint density at radius 3 is 2.57 bits per heavy atom. The molecule has 2 heterocycles. The van der Waals surface area contributed by atoms with Gasteiger partial charge in [0.25, 0.3) is 0 Å². The summed E-state index contributed by atoms with van der Waals surface area (Å²) in [5, 5.41) is 30.7. The quantitative estimate of drug-likeness (QED) is 0.428. The highest BCUT2D eigenvalue weighted by atomic mass is 16.5. The van der Waals surface area contributed by atoms with E-state index >= 15 is 0 Å². The van der Waals surface area contributed by atoms with Crippen LogP contribution in [-0.4, -0.2) is 50.4 Å². The molecule has 0 bridgehead atoms. The molecule has 0 amide bonds. The van der Waals surface area contributed by atoms with Crippen LogP contribution < -0.4 is 0 Å². The van der Waals surface area contributed by atoms with E-state index < -0.39 is 35.6 Å². The minimum absolute atomic E-state index is 0.0724. The van der Waals surface area contributed by atoms with Crippen LogP contribution in [0.3, 0.4) is 0 Å². The number of esters is 1. The van der Waals surface area contributed by atoms with Gasteiger partial charge in [0.05, 0.1) is 24.0 Å². The molecule has 1 aromatic rings. The summed E-state index contributed by atoms with van der Waals surface area (Å²) in [6.07, 6.45) is 5.07. The number of carbonyl (C=O) groups is 2. The van der Waals surface area contributed by atoms with Crippen molar-refractivity contribution in [3.63, 3.8) is 0 Å². The Bertz CT molecular complexity index is 930. The Hall–Kier alpha value is -2.29. The number of cyclic esters (lactones) is 1. The Balaban J connectivity index is 2.33. The maximum atomic E-state index is 13.2. The van der Waals surface area contributed by atoms with Gasteiger partial charge in [-0.3, -0.25) is 9.59 Å². The second-order valence-electron chi connectivity index (χ2n) is 10.4. The third kappa shape index (κ3) is 7.85. The zero-order valence-electron chi connectivity index (χ0n) is 21.8. The van der Waals surface area contributed by atoms with E-state index in [1.54, 1.807) is 26.8 Å². The molecule has 8 heteroatoms. The smallest absolute Gasteiger partial charge is 0.309 e. The molecule has 0 aliphatic carbocycles. The van der Waals surface area contributed by atoms with E-state index in [1.165, 1.54) is 6.26 Å². The lowest BCUT2D eigenvalue weighted by atomic mass is 9.73. The molecule has 5 atom stereocenters. The average Bonchev–Trinajstić information content (AvgIpc) is 3.26. The van der Waals surface area contributed by atoms with E-state index in [0.29, 0.717) is 12.1 Å². The van der Waals surface area contributed by atoms with E-state index in [9.17, 15) is 24.9 Å². The minimum atomic E-state index is -1.26. The number of hydrogen-bond acceptors (Lipinski definition) is 8. The lowest BCUT2D eigenvalue weighted by molar-refractivity contribution is -0.154. The van der Waals surface area contributed by atoms with Gasteiger partial charge in [-0.2, -0.15) is 0 Å².